The topological polar surface area (TPSA) is 17.1 Å². The minimum Gasteiger partial charge on any atom is -0.313 e. The van der Waals surface area contributed by atoms with Crippen molar-refractivity contribution in [1.29, 1.82) is 0 Å². The summed E-state index contributed by atoms with van der Waals surface area (Å²) in [4.78, 5) is 2.73. The molecule has 3 heteroatoms. The molecule has 1 nitrogen and oxygen atoms in total. The van der Waals surface area contributed by atoms with Gasteiger partial charge in [0.1, 0.15) is 0 Å². The van der Waals surface area contributed by atoms with Crippen LogP contribution in [0.1, 0.15) is 39.4 Å². The average Bonchev–Trinajstić information content (AvgIpc) is 3.24. The van der Waals surface area contributed by atoms with Gasteiger partial charge in [0.25, 0.3) is 0 Å². The molecule has 1 unspecified atom stereocenters. The van der Waals surface area contributed by atoms with Crippen molar-refractivity contribution in [2.45, 2.75) is 31.3 Å². The molecule has 0 saturated carbocycles. The summed E-state index contributed by atoms with van der Waals surface area (Å²) in [6.07, 6.45) is 4.82. The van der Waals surface area contributed by atoms with Gasteiger partial charge in [-0.3, -0.25) is 0 Å². The Bertz CT molecular complexity index is 1100. The first kappa shape index (κ1) is 19.5. The van der Waals surface area contributed by atoms with Crippen LogP contribution < -0.4 is 10.6 Å². The van der Waals surface area contributed by atoms with Crippen LogP contribution in [0.15, 0.2) is 97.1 Å². The minimum absolute atomic E-state index is 0.167. The van der Waals surface area contributed by atoms with Gasteiger partial charge in [-0.05, 0) is 42.9 Å². The maximum absolute atomic E-state index is 15.2. The normalized spacial score (nSPS) is 14.8. The molecule has 0 N–H and O–H groups in total. The third-order valence-electron chi connectivity index (χ3n) is 6.04. The summed E-state index contributed by atoms with van der Waals surface area (Å²) in [5, 5.41) is 1.85. The Morgan fingerprint density at radius 1 is 0.700 bits per heavy atom. The lowest BCUT2D eigenvalue weighted by atomic mass is 9.99. The van der Waals surface area contributed by atoms with Gasteiger partial charge in [0.15, 0.2) is 7.14 Å². The highest BCUT2D eigenvalue weighted by atomic mass is 32.1. The van der Waals surface area contributed by atoms with Gasteiger partial charge >= 0.3 is 0 Å². The lowest BCUT2D eigenvalue weighted by Crippen LogP contribution is -2.21. The van der Waals surface area contributed by atoms with Gasteiger partial charge in [-0.1, -0.05) is 91.0 Å². The summed E-state index contributed by atoms with van der Waals surface area (Å²) in [7, 11) is -2.97. The summed E-state index contributed by atoms with van der Waals surface area (Å²) in [5.41, 5.74) is 2.43. The highest BCUT2D eigenvalue weighted by molar-refractivity contribution is 7.79. The maximum atomic E-state index is 15.2. The SMILES string of the molecule is O=P(c1ccccc1)(c1ccccc1)C(c1ccccc1)c1cc2c(s1)CCCC2. The van der Waals surface area contributed by atoms with Crippen LogP contribution in [0, 0.1) is 0 Å². The van der Waals surface area contributed by atoms with Crippen LogP contribution in [0.25, 0.3) is 0 Å². The van der Waals surface area contributed by atoms with E-state index in [1.54, 1.807) is 0 Å². The van der Waals surface area contributed by atoms with Crippen molar-refractivity contribution in [2.24, 2.45) is 0 Å². The maximum Gasteiger partial charge on any atom is 0.155 e. The lowest BCUT2D eigenvalue weighted by molar-refractivity contribution is 0.583. The first-order valence-corrected chi connectivity index (χ1v) is 13.2. The molecule has 1 atom stereocenters. The van der Waals surface area contributed by atoms with E-state index >= 15 is 4.57 Å². The summed E-state index contributed by atoms with van der Waals surface area (Å²) in [5.74, 6) is 0. The van der Waals surface area contributed by atoms with Gasteiger partial charge in [0.2, 0.25) is 0 Å². The molecule has 5 rings (SSSR count). The van der Waals surface area contributed by atoms with Crippen LogP contribution in [-0.4, -0.2) is 0 Å². The second kappa shape index (κ2) is 8.38. The predicted molar refractivity (Wildman–Crippen MR) is 129 cm³/mol. The number of hydrogen-bond acceptors (Lipinski definition) is 2. The van der Waals surface area contributed by atoms with Crippen LogP contribution in [0.2, 0.25) is 0 Å². The number of fused-ring (bicyclic) bond motifs is 1. The van der Waals surface area contributed by atoms with Gasteiger partial charge in [0, 0.05) is 20.4 Å². The number of thiophene rings is 1. The van der Waals surface area contributed by atoms with Crippen LogP contribution in [0.5, 0.6) is 0 Å². The van der Waals surface area contributed by atoms with Gasteiger partial charge in [-0.25, -0.2) is 0 Å². The largest absolute Gasteiger partial charge is 0.313 e. The number of hydrogen-bond donors (Lipinski definition) is 0. The molecular weight excluding hydrogens is 403 g/mol. The predicted octanol–water partition coefficient (Wildman–Crippen LogP) is 6.73. The zero-order valence-electron chi connectivity index (χ0n) is 16.9. The first-order valence-electron chi connectivity index (χ1n) is 10.6. The van der Waals surface area contributed by atoms with Gasteiger partial charge in [-0.2, -0.15) is 0 Å². The number of benzene rings is 3. The molecule has 1 aliphatic carbocycles. The van der Waals surface area contributed by atoms with Gasteiger partial charge < -0.3 is 4.57 Å². The Labute approximate surface area is 182 Å². The summed E-state index contributed by atoms with van der Waals surface area (Å²) < 4.78 is 15.2. The molecule has 1 heterocycles. The molecule has 4 aromatic rings. The molecule has 30 heavy (non-hydrogen) atoms. The molecular formula is C27H25OPS. The molecule has 0 bridgehead atoms. The molecule has 0 spiro atoms. The van der Waals surface area contributed by atoms with Crippen molar-refractivity contribution in [1.82, 2.24) is 0 Å². The Balaban J connectivity index is 1.78. The van der Waals surface area contributed by atoms with E-state index in [-0.39, 0.29) is 5.66 Å². The molecule has 1 aliphatic rings. The summed E-state index contributed by atoms with van der Waals surface area (Å²) in [6, 6.07) is 33.0. The lowest BCUT2D eigenvalue weighted by Gasteiger charge is -2.29. The molecule has 0 fully saturated rings. The van der Waals surface area contributed by atoms with Crippen LogP contribution in [-0.2, 0) is 17.4 Å². The average molecular weight is 429 g/mol. The number of aryl methyl sites for hydroxylation is 2. The van der Waals surface area contributed by atoms with E-state index in [9.17, 15) is 0 Å². The second-order valence-electron chi connectivity index (χ2n) is 7.95. The Morgan fingerprint density at radius 2 is 1.23 bits per heavy atom. The fourth-order valence-electron chi connectivity index (χ4n) is 4.58. The molecule has 0 amide bonds. The zero-order chi connectivity index (χ0) is 20.4. The highest BCUT2D eigenvalue weighted by Gasteiger charge is 2.40. The fraction of sp³-hybridized carbons (Fsp3) is 0.185. The second-order valence-corrected chi connectivity index (χ2v) is 12.0. The quantitative estimate of drug-likeness (QED) is 0.322. The third kappa shape index (κ3) is 3.49. The van der Waals surface area contributed by atoms with Crippen molar-refractivity contribution in [3.63, 3.8) is 0 Å². The minimum atomic E-state index is -2.97. The Hall–Kier alpha value is -2.41. The van der Waals surface area contributed by atoms with Crippen LogP contribution in [0.3, 0.4) is 0 Å². The zero-order valence-corrected chi connectivity index (χ0v) is 18.6. The Kier molecular flexibility index (Phi) is 5.46. The monoisotopic (exact) mass is 428 g/mol. The van der Waals surface area contributed by atoms with Crippen LogP contribution in [0.4, 0.5) is 0 Å². The van der Waals surface area contributed by atoms with E-state index in [1.165, 1.54) is 28.2 Å². The van der Waals surface area contributed by atoms with E-state index in [0.29, 0.717) is 0 Å². The third-order valence-corrected chi connectivity index (χ3v) is 11.0. The Morgan fingerprint density at radius 3 is 1.80 bits per heavy atom. The smallest absolute Gasteiger partial charge is 0.155 e. The summed E-state index contributed by atoms with van der Waals surface area (Å²) in [6.45, 7) is 0. The van der Waals surface area contributed by atoms with E-state index in [2.05, 4.69) is 30.3 Å². The summed E-state index contributed by atoms with van der Waals surface area (Å²) >= 11 is 1.88. The van der Waals surface area contributed by atoms with Crippen molar-refractivity contribution >= 4 is 29.1 Å². The van der Waals surface area contributed by atoms with Crippen molar-refractivity contribution in [3.05, 3.63) is 118 Å². The van der Waals surface area contributed by atoms with E-state index in [4.69, 9.17) is 0 Å². The van der Waals surface area contributed by atoms with Crippen molar-refractivity contribution in [2.75, 3.05) is 0 Å². The van der Waals surface area contributed by atoms with E-state index in [0.717, 1.165) is 29.0 Å². The van der Waals surface area contributed by atoms with Crippen molar-refractivity contribution < 1.29 is 4.57 Å². The fourth-order valence-corrected chi connectivity index (χ4v) is 9.61. The van der Waals surface area contributed by atoms with E-state index < -0.39 is 7.14 Å². The molecule has 1 aromatic heterocycles. The molecule has 0 saturated heterocycles. The molecule has 150 valence electrons. The molecule has 3 aromatic carbocycles. The van der Waals surface area contributed by atoms with E-state index in [1.807, 2.05) is 78.1 Å². The van der Waals surface area contributed by atoms with Crippen LogP contribution >= 0.6 is 18.5 Å². The van der Waals surface area contributed by atoms with Crippen molar-refractivity contribution in [3.8, 4) is 0 Å². The standard InChI is InChI=1S/C27H25OPS/c28-29(23-15-6-2-7-16-23,24-17-8-3-9-18-24)27(21-12-4-1-5-13-21)26-20-22-14-10-11-19-25(22)30-26/h1-9,12-13,15-18,20,27H,10-11,14,19H2. The number of rotatable bonds is 5. The first-order chi connectivity index (χ1) is 14.8. The van der Waals surface area contributed by atoms with Gasteiger partial charge in [0.05, 0.1) is 5.66 Å². The molecule has 0 radical (unpaired) electrons. The highest BCUT2D eigenvalue weighted by Crippen LogP contribution is 2.61. The molecule has 0 aliphatic heterocycles. The van der Waals surface area contributed by atoms with Gasteiger partial charge in [-0.15, -0.1) is 11.3 Å².